The molecule has 21 heavy (non-hydrogen) atoms. The van der Waals surface area contributed by atoms with E-state index in [1.54, 1.807) is 0 Å². The smallest absolute Gasteiger partial charge is 0.0363 e. The van der Waals surface area contributed by atoms with Crippen molar-refractivity contribution in [2.75, 3.05) is 13.1 Å². The van der Waals surface area contributed by atoms with Gasteiger partial charge in [0.2, 0.25) is 0 Å². The molecule has 3 rings (SSSR count). The topological polar surface area (TPSA) is 29.3 Å². The minimum absolute atomic E-state index is 0.277. The zero-order chi connectivity index (χ0) is 14.7. The Morgan fingerprint density at radius 3 is 2.38 bits per heavy atom. The summed E-state index contributed by atoms with van der Waals surface area (Å²) in [5.41, 5.74) is 9.91. The number of rotatable bonds is 4. The highest BCUT2D eigenvalue weighted by atomic mass is 15.2. The number of aryl methyl sites for hydroxylation is 1. The molecule has 2 fully saturated rings. The predicted octanol–water partition coefficient (Wildman–Crippen LogP) is 3.66. The largest absolute Gasteiger partial charge is 0.326 e. The average Bonchev–Trinajstić information content (AvgIpc) is 3.01. The molecule has 0 aromatic heterocycles. The van der Waals surface area contributed by atoms with E-state index in [4.69, 9.17) is 5.73 Å². The number of likely N-dealkylation sites (tertiary alicyclic amines) is 1. The van der Waals surface area contributed by atoms with Crippen LogP contribution in [-0.2, 0) is 6.42 Å². The summed E-state index contributed by atoms with van der Waals surface area (Å²) in [4.78, 5) is 2.76. The van der Waals surface area contributed by atoms with Crippen LogP contribution in [0.25, 0.3) is 0 Å². The molecule has 0 spiro atoms. The molecule has 1 atom stereocenters. The van der Waals surface area contributed by atoms with Crippen LogP contribution in [0, 0.1) is 6.92 Å². The third-order valence-electron chi connectivity index (χ3n) is 5.85. The highest BCUT2D eigenvalue weighted by Crippen LogP contribution is 2.40. The average molecular weight is 286 g/mol. The SMILES string of the molecule is Cc1ccccc1CC(N)C1(N2CCCCC2)CCCC1. The van der Waals surface area contributed by atoms with Gasteiger partial charge in [-0.15, -0.1) is 0 Å². The van der Waals surface area contributed by atoms with Crippen molar-refractivity contribution < 1.29 is 0 Å². The summed E-state index contributed by atoms with van der Waals surface area (Å²) in [5, 5.41) is 0. The number of nitrogens with zero attached hydrogens (tertiary/aromatic N) is 1. The summed E-state index contributed by atoms with van der Waals surface area (Å²) >= 11 is 0. The number of benzene rings is 1. The Morgan fingerprint density at radius 2 is 1.71 bits per heavy atom. The van der Waals surface area contributed by atoms with Gasteiger partial charge in [-0.25, -0.2) is 0 Å². The van der Waals surface area contributed by atoms with Crippen LogP contribution in [-0.4, -0.2) is 29.6 Å². The van der Waals surface area contributed by atoms with E-state index in [1.807, 2.05) is 0 Å². The van der Waals surface area contributed by atoms with E-state index in [0.717, 1.165) is 6.42 Å². The molecule has 1 aliphatic carbocycles. The second-order valence-corrected chi connectivity index (χ2v) is 7.10. The monoisotopic (exact) mass is 286 g/mol. The summed E-state index contributed by atoms with van der Waals surface area (Å²) in [5.74, 6) is 0. The summed E-state index contributed by atoms with van der Waals surface area (Å²) < 4.78 is 0. The number of piperidine rings is 1. The predicted molar refractivity (Wildman–Crippen MR) is 89.5 cm³/mol. The van der Waals surface area contributed by atoms with Gasteiger partial charge in [0, 0.05) is 11.6 Å². The highest BCUT2D eigenvalue weighted by Gasteiger charge is 2.44. The van der Waals surface area contributed by atoms with Gasteiger partial charge >= 0.3 is 0 Å². The Hall–Kier alpha value is -0.860. The number of hydrogen-bond acceptors (Lipinski definition) is 2. The van der Waals surface area contributed by atoms with E-state index < -0.39 is 0 Å². The Bertz CT molecular complexity index is 456. The fraction of sp³-hybridized carbons (Fsp3) is 0.684. The first-order valence-electron chi connectivity index (χ1n) is 8.77. The first-order chi connectivity index (χ1) is 10.2. The van der Waals surface area contributed by atoms with Crippen LogP contribution in [0.3, 0.4) is 0 Å². The number of hydrogen-bond donors (Lipinski definition) is 1. The third-order valence-corrected chi connectivity index (χ3v) is 5.85. The molecule has 2 heteroatoms. The van der Waals surface area contributed by atoms with E-state index in [2.05, 4.69) is 36.1 Å². The summed E-state index contributed by atoms with van der Waals surface area (Å²) in [6.07, 6.45) is 10.5. The molecule has 2 nitrogen and oxygen atoms in total. The van der Waals surface area contributed by atoms with Gasteiger partial charge in [-0.3, -0.25) is 4.90 Å². The maximum absolute atomic E-state index is 6.80. The van der Waals surface area contributed by atoms with Crippen molar-refractivity contribution >= 4 is 0 Å². The van der Waals surface area contributed by atoms with Gasteiger partial charge in [0.25, 0.3) is 0 Å². The quantitative estimate of drug-likeness (QED) is 0.915. The second kappa shape index (κ2) is 6.50. The lowest BCUT2D eigenvalue weighted by atomic mass is 9.81. The molecule has 1 saturated carbocycles. The van der Waals surface area contributed by atoms with Gasteiger partial charge in [-0.1, -0.05) is 43.5 Å². The van der Waals surface area contributed by atoms with Crippen molar-refractivity contribution in [2.45, 2.75) is 69.9 Å². The molecular formula is C19H30N2. The first-order valence-corrected chi connectivity index (χ1v) is 8.77. The molecule has 0 bridgehead atoms. The molecule has 1 heterocycles. The maximum Gasteiger partial charge on any atom is 0.0363 e. The van der Waals surface area contributed by atoms with Crippen molar-refractivity contribution in [3.8, 4) is 0 Å². The van der Waals surface area contributed by atoms with Crippen molar-refractivity contribution in [1.29, 1.82) is 0 Å². The van der Waals surface area contributed by atoms with Gasteiger partial charge in [0.05, 0.1) is 0 Å². The van der Waals surface area contributed by atoms with E-state index in [0.29, 0.717) is 0 Å². The fourth-order valence-corrected chi connectivity index (χ4v) is 4.51. The molecule has 1 aromatic rings. The van der Waals surface area contributed by atoms with Crippen LogP contribution in [0.5, 0.6) is 0 Å². The Balaban J connectivity index is 1.78. The second-order valence-electron chi connectivity index (χ2n) is 7.10. The minimum Gasteiger partial charge on any atom is -0.326 e. The Labute approximate surface area is 129 Å². The normalized spacial score (nSPS) is 24.1. The van der Waals surface area contributed by atoms with E-state index >= 15 is 0 Å². The maximum atomic E-state index is 6.80. The van der Waals surface area contributed by atoms with Crippen molar-refractivity contribution in [3.05, 3.63) is 35.4 Å². The standard InChI is InChI=1S/C19H30N2/c1-16-9-3-4-10-17(16)15-18(20)19(11-5-6-12-19)21-13-7-2-8-14-21/h3-4,9-10,18H,2,5-8,11-15,20H2,1H3. The van der Waals surface area contributed by atoms with Crippen LogP contribution < -0.4 is 5.73 Å². The van der Waals surface area contributed by atoms with Crippen LogP contribution in [0.2, 0.25) is 0 Å². The van der Waals surface area contributed by atoms with Gasteiger partial charge < -0.3 is 5.73 Å². The Morgan fingerprint density at radius 1 is 1.05 bits per heavy atom. The van der Waals surface area contributed by atoms with Crippen LogP contribution in [0.4, 0.5) is 0 Å². The molecule has 1 aromatic carbocycles. The van der Waals surface area contributed by atoms with Gasteiger partial charge in [0.1, 0.15) is 0 Å². The van der Waals surface area contributed by atoms with Crippen molar-refractivity contribution in [3.63, 3.8) is 0 Å². The number of nitrogens with two attached hydrogens (primary N) is 1. The zero-order valence-electron chi connectivity index (χ0n) is 13.5. The van der Waals surface area contributed by atoms with E-state index in [9.17, 15) is 0 Å². The van der Waals surface area contributed by atoms with Crippen molar-refractivity contribution in [1.82, 2.24) is 4.90 Å². The molecule has 0 radical (unpaired) electrons. The van der Waals surface area contributed by atoms with Gasteiger partial charge in [-0.05, 0) is 63.2 Å². The lowest BCUT2D eigenvalue weighted by Gasteiger charge is -2.47. The molecule has 1 saturated heterocycles. The summed E-state index contributed by atoms with van der Waals surface area (Å²) in [6, 6.07) is 9.02. The summed E-state index contributed by atoms with van der Waals surface area (Å²) in [7, 11) is 0. The molecule has 116 valence electrons. The molecule has 2 N–H and O–H groups in total. The van der Waals surface area contributed by atoms with Crippen LogP contribution in [0.15, 0.2) is 24.3 Å². The van der Waals surface area contributed by atoms with E-state index in [1.165, 1.54) is 69.2 Å². The summed E-state index contributed by atoms with van der Waals surface area (Å²) in [6.45, 7) is 4.74. The van der Waals surface area contributed by atoms with Crippen molar-refractivity contribution in [2.24, 2.45) is 5.73 Å². The van der Waals surface area contributed by atoms with Gasteiger partial charge in [-0.2, -0.15) is 0 Å². The molecule has 1 aliphatic heterocycles. The molecule has 2 aliphatic rings. The van der Waals surface area contributed by atoms with Gasteiger partial charge in [0.15, 0.2) is 0 Å². The Kier molecular flexibility index (Phi) is 4.66. The highest BCUT2D eigenvalue weighted by molar-refractivity contribution is 5.27. The first kappa shape index (κ1) is 15.1. The van der Waals surface area contributed by atoms with Crippen LogP contribution in [0.1, 0.15) is 56.1 Å². The molecule has 0 amide bonds. The third kappa shape index (κ3) is 3.02. The lowest BCUT2D eigenvalue weighted by molar-refractivity contribution is 0.0482. The zero-order valence-corrected chi connectivity index (χ0v) is 13.5. The minimum atomic E-state index is 0.277. The molecule has 1 unspecified atom stereocenters. The lowest BCUT2D eigenvalue weighted by Crippen LogP contribution is -2.60. The fourth-order valence-electron chi connectivity index (χ4n) is 4.51. The molecular weight excluding hydrogens is 256 g/mol. The van der Waals surface area contributed by atoms with E-state index in [-0.39, 0.29) is 11.6 Å². The van der Waals surface area contributed by atoms with Crippen LogP contribution >= 0.6 is 0 Å².